The molecule has 0 heterocycles. The van der Waals surface area contributed by atoms with Gasteiger partial charge in [0.2, 0.25) is 5.91 Å². The largest absolute Gasteiger partial charge is 0.497 e. The molecule has 0 aliphatic heterocycles. The predicted octanol–water partition coefficient (Wildman–Crippen LogP) is 2.44. The third-order valence-electron chi connectivity index (χ3n) is 2.71. The van der Waals surface area contributed by atoms with E-state index in [1.165, 1.54) is 12.8 Å². The van der Waals surface area contributed by atoms with Crippen molar-refractivity contribution in [2.45, 2.75) is 19.3 Å². The first-order chi connectivity index (χ1) is 7.69. The van der Waals surface area contributed by atoms with Crippen molar-refractivity contribution in [2.24, 2.45) is 5.92 Å². The van der Waals surface area contributed by atoms with E-state index in [-0.39, 0.29) is 18.3 Å². The number of rotatable bonds is 4. The molecule has 2 rings (SSSR count). The molecule has 1 fully saturated rings. The lowest BCUT2D eigenvalue weighted by Gasteiger charge is -2.09. The fourth-order valence-corrected chi connectivity index (χ4v) is 1.56. The van der Waals surface area contributed by atoms with E-state index in [0.29, 0.717) is 29.5 Å². The summed E-state index contributed by atoms with van der Waals surface area (Å²) in [5.41, 5.74) is 6.96. The molecule has 1 aromatic carbocycles. The number of nitrogens with two attached hydrogens (primary N) is 1. The maximum Gasteiger partial charge on any atom is 0.224 e. The number of ether oxygens (including phenoxy) is 1. The van der Waals surface area contributed by atoms with Crippen LogP contribution in [-0.2, 0) is 4.79 Å². The number of nitrogen functional groups attached to an aromatic ring is 1. The lowest BCUT2D eigenvalue weighted by atomic mass is 10.2. The second-order valence-corrected chi connectivity index (χ2v) is 4.15. The SMILES string of the molecule is COc1ccc(N)c(NC(=O)CC2CC2)c1.Cl. The first-order valence-electron chi connectivity index (χ1n) is 5.42. The maximum absolute atomic E-state index is 11.6. The molecule has 1 saturated carbocycles. The number of carbonyl (C=O) groups is 1. The Labute approximate surface area is 107 Å². The number of halogens is 1. The molecule has 0 saturated heterocycles. The second-order valence-electron chi connectivity index (χ2n) is 4.15. The molecule has 5 heteroatoms. The number of hydrogen-bond acceptors (Lipinski definition) is 3. The summed E-state index contributed by atoms with van der Waals surface area (Å²) in [6.45, 7) is 0. The second kappa shape index (κ2) is 5.77. The molecule has 1 aliphatic rings. The van der Waals surface area contributed by atoms with Crippen LogP contribution in [0.3, 0.4) is 0 Å². The van der Waals surface area contributed by atoms with Crippen LogP contribution in [0.2, 0.25) is 0 Å². The van der Waals surface area contributed by atoms with E-state index in [9.17, 15) is 4.79 Å². The monoisotopic (exact) mass is 256 g/mol. The molecule has 4 nitrogen and oxygen atoms in total. The zero-order valence-corrected chi connectivity index (χ0v) is 10.5. The number of carbonyl (C=O) groups excluding carboxylic acids is 1. The maximum atomic E-state index is 11.6. The number of anilines is 2. The summed E-state index contributed by atoms with van der Waals surface area (Å²) in [6.07, 6.45) is 2.93. The highest BCUT2D eigenvalue weighted by molar-refractivity contribution is 5.94. The Bertz CT molecular complexity index is 405. The van der Waals surface area contributed by atoms with Gasteiger partial charge < -0.3 is 15.8 Å². The van der Waals surface area contributed by atoms with Gasteiger partial charge in [0.1, 0.15) is 5.75 Å². The van der Waals surface area contributed by atoms with Crippen LogP contribution in [0.5, 0.6) is 5.75 Å². The summed E-state index contributed by atoms with van der Waals surface area (Å²) in [4.78, 5) is 11.6. The Morgan fingerprint density at radius 2 is 2.24 bits per heavy atom. The Hall–Kier alpha value is -1.42. The van der Waals surface area contributed by atoms with Crippen molar-refractivity contribution in [1.82, 2.24) is 0 Å². The number of benzene rings is 1. The molecule has 0 bridgehead atoms. The van der Waals surface area contributed by atoms with Crippen LogP contribution in [0.15, 0.2) is 18.2 Å². The third-order valence-corrected chi connectivity index (χ3v) is 2.71. The highest BCUT2D eigenvalue weighted by Crippen LogP contribution is 2.33. The van der Waals surface area contributed by atoms with Crippen LogP contribution in [0.25, 0.3) is 0 Å². The van der Waals surface area contributed by atoms with E-state index < -0.39 is 0 Å². The van der Waals surface area contributed by atoms with Crippen LogP contribution in [0.4, 0.5) is 11.4 Å². The zero-order valence-electron chi connectivity index (χ0n) is 9.73. The lowest BCUT2D eigenvalue weighted by molar-refractivity contribution is -0.116. The Morgan fingerprint density at radius 1 is 1.53 bits per heavy atom. The first-order valence-corrected chi connectivity index (χ1v) is 5.42. The molecule has 0 radical (unpaired) electrons. The van der Waals surface area contributed by atoms with Crippen LogP contribution in [0, 0.1) is 5.92 Å². The van der Waals surface area contributed by atoms with Gasteiger partial charge in [-0.3, -0.25) is 4.79 Å². The zero-order chi connectivity index (χ0) is 11.5. The summed E-state index contributed by atoms with van der Waals surface area (Å²) >= 11 is 0. The molecule has 0 unspecified atom stereocenters. The fourth-order valence-electron chi connectivity index (χ4n) is 1.56. The summed E-state index contributed by atoms with van der Waals surface area (Å²) in [6, 6.07) is 5.23. The third kappa shape index (κ3) is 3.82. The number of amides is 1. The van der Waals surface area contributed by atoms with Gasteiger partial charge in [-0.15, -0.1) is 12.4 Å². The van der Waals surface area contributed by atoms with Crippen LogP contribution >= 0.6 is 12.4 Å². The molecular formula is C12H17ClN2O2. The van der Waals surface area contributed by atoms with Crippen molar-refractivity contribution in [2.75, 3.05) is 18.2 Å². The molecule has 17 heavy (non-hydrogen) atoms. The van der Waals surface area contributed by atoms with E-state index in [1.807, 2.05) is 0 Å². The van der Waals surface area contributed by atoms with Gasteiger partial charge in [-0.2, -0.15) is 0 Å². The van der Waals surface area contributed by atoms with Gasteiger partial charge >= 0.3 is 0 Å². The van der Waals surface area contributed by atoms with Crippen molar-refractivity contribution in [1.29, 1.82) is 0 Å². The summed E-state index contributed by atoms with van der Waals surface area (Å²) in [7, 11) is 1.58. The Kier molecular flexibility index (Phi) is 4.63. The predicted molar refractivity (Wildman–Crippen MR) is 70.6 cm³/mol. The normalized spacial score (nSPS) is 13.7. The van der Waals surface area contributed by atoms with E-state index >= 15 is 0 Å². The molecule has 3 N–H and O–H groups in total. The van der Waals surface area contributed by atoms with E-state index in [4.69, 9.17) is 10.5 Å². The van der Waals surface area contributed by atoms with Crippen LogP contribution < -0.4 is 15.8 Å². The number of hydrogen-bond donors (Lipinski definition) is 2. The van der Waals surface area contributed by atoms with Gasteiger partial charge in [0, 0.05) is 12.5 Å². The van der Waals surface area contributed by atoms with Gasteiger partial charge in [0.25, 0.3) is 0 Å². The minimum Gasteiger partial charge on any atom is -0.497 e. The Balaban J connectivity index is 0.00000144. The van der Waals surface area contributed by atoms with Crippen molar-refractivity contribution >= 4 is 29.7 Å². The lowest BCUT2D eigenvalue weighted by Crippen LogP contribution is -2.13. The quantitative estimate of drug-likeness (QED) is 0.814. The molecule has 0 atom stereocenters. The molecule has 1 amide bonds. The number of nitrogens with one attached hydrogen (secondary N) is 1. The topological polar surface area (TPSA) is 64.3 Å². The standard InChI is InChI=1S/C12H16N2O2.ClH/c1-16-9-4-5-10(13)11(7-9)14-12(15)6-8-2-3-8;/h4-5,7-8H,2-3,6,13H2,1H3,(H,14,15);1H. The minimum absolute atomic E-state index is 0. The average molecular weight is 257 g/mol. The summed E-state index contributed by atoms with van der Waals surface area (Å²) < 4.78 is 5.08. The Morgan fingerprint density at radius 3 is 2.82 bits per heavy atom. The molecule has 0 aromatic heterocycles. The van der Waals surface area contributed by atoms with Gasteiger partial charge in [-0.1, -0.05) is 0 Å². The van der Waals surface area contributed by atoms with E-state index in [1.54, 1.807) is 25.3 Å². The van der Waals surface area contributed by atoms with Crippen LogP contribution in [-0.4, -0.2) is 13.0 Å². The molecule has 94 valence electrons. The van der Waals surface area contributed by atoms with Crippen molar-refractivity contribution in [3.05, 3.63) is 18.2 Å². The van der Waals surface area contributed by atoms with Gasteiger partial charge in [-0.05, 0) is 30.9 Å². The summed E-state index contributed by atoms with van der Waals surface area (Å²) in [5.74, 6) is 1.30. The van der Waals surface area contributed by atoms with Gasteiger partial charge in [0.05, 0.1) is 18.5 Å². The van der Waals surface area contributed by atoms with Crippen molar-refractivity contribution in [3.8, 4) is 5.75 Å². The van der Waals surface area contributed by atoms with E-state index in [0.717, 1.165) is 0 Å². The smallest absolute Gasteiger partial charge is 0.224 e. The molecule has 0 spiro atoms. The van der Waals surface area contributed by atoms with Crippen LogP contribution in [0.1, 0.15) is 19.3 Å². The summed E-state index contributed by atoms with van der Waals surface area (Å²) in [5, 5.41) is 2.81. The van der Waals surface area contributed by atoms with Gasteiger partial charge in [0.15, 0.2) is 0 Å². The first kappa shape index (κ1) is 13.6. The molecular weight excluding hydrogens is 240 g/mol. The minimum atomic E-state index is 0. The highest BCUT2D eigenvalue weighted by atomic mass is 35.5. The molecule has 1 aromatic rings. The van der Waals surface area contributed by atoms with Gasteiger partial charge in [-0.25, -0.2) is 0 Å². The average Bonchev–Trinajstić information content (AvgIpc) is 3.05. The number of methoxy groups -OCH3 is 1. The van der Waals surface area contributed by atoms with E-state index in [2.05, 4.69) is 5.32 Å². The molecule has 1 aliphatic carbocycles. The van der Waals surface area contributed by atoms with Crippen molar-refractivity contribution < 1.29 is 9.53 Å². The van der Waals surface area contributed by atoms with Crippen molar-refractivity contribution in [3.63, 3.8) is 0 Å². The fraction of sp³-hybridized carbons (Fsp3) is 0.417. The highest BCUT2D eigenvalue weighted by Gasteiger charge is 2.24.